The topological polar surface area (TPSA) is 107 Å². The van der Waals surface area contributed by atoms with E-state index in [1.54, 1.807) is 27.7 Å². The Bertz CT molecular complexity index is 1050. The average Bonchev–Trinajstić information content (AvgIpc) is 3.32. The molecule has 2 N–H and O–H groups in total. The van der Waals surface area contributed by atoms with Crippen LogP contribution in [0.5, 0.6) is 0 Å². The summed E-state index contributed by atoms with van der Waals surface area (Å²) in [6.07, 6.45) is 4.77. The Morgan fingerprint density at radius 2 is 1.97 bits per heavy atom. The monoisotopic (exact) mass is 413 g/mol. The van der Waals surface area contributed by atoms with Crippen molar-refractivity contribution < 1.29 is 4.79 Å². The molecule has 152 valence electrons. The van der Waals surface area contributed by atoms with E-state index in [0.717, 1.165) is 37.1 Å². The minimum atomic E-state index is -0.245. The van der Waals surface area contributed by atoms with E-state index in [4.69, 9.17) is 0 Å². The molecule has 3 aromatic heterocycles. The number of aromatic nitrogens is 5. The first-order valence-electron chi connectivity index (χ1n) is 9.60. The predicted octanol–water partition coefficient (Wildman–Crippen LogP) is 2.81. The summed E-state index contributed by atoms with van der Waals surface area (Å²) in [6.45, 7) is 3.89. The van der Waals surface area contributed by atoms with E-state index >= 15 is 0 Å². The van der Waals surface area contributed by atoms with E-state index in [0.29, 0.717) is 10.9 Å². The maximum Gasteiger partial charge on any atom is 0.321 e. The number of amides is 2. The number of nitrogens with zero attached hydrogens (tertiary/aromatic N) is 5. The molecule has 3 aromatic rings. The quantitative estimate of drug-likeness (QED) is 0.684. The highest BCUT2D eigenvalue weighted by molar-refractivity contribution is 7.13. The van der Waals surface area contributed by atoms with Gasteiger partial charge in [0, 0.05) is 29.4 Å². The van der Waals surface area contributed by atoms with Crippen LogP contribution in [0, 0.1) is 13.8 Å². The zero-order valence-electron chi connectivity index (χ0n) is 16.3. The van der Waals surface area contributed by atoms with Crippen LogP contribution in [0.2, 0.25) is 0 Å². The first kappa shape index (κ1) is 19.3. The van der Waals surface area contributed by atoms with Crippen molar-refractivity contribution in [1.82, 2.24) is 29.9 Å². The fraction of sp³-hybridized carbons (Fsp3) is 0.421. The van der Waals surface area contributed by atoms with Crippen LogP contribution in [0.4, 0.5) is 9.93 Å². The number of thiazole rings is 1. The fourth-order valence-corrected chi connectivity index (χ4v) is 4.24. The molecular weight excluding hydrogens is 390 g/mol. The van der Waals surface area contributed by atoms with Gasteiger partial charge in [-0.05, 0) is 51.7 Å². The number of hydrogen-bond acceptors (Lipinski definition) is 6. The fourth-order valence-electron chi connectivity index (χ4n) is 3.72. The van der Waals surface area contributed by atoms with Crippen LogP contribution in [-0.2, 0) is 0 Å². The van der Waals surface area contributed by atoms with Crippen LogP contribution in [0.25, 0.3) is 5.82 Å². The SMILES string of the molecule is Cc1cc(C)n(-c2ccc(=O)n(C3CCC(NC(=O)Nc4nccs4)CC3)n2)n1. The molecule has 0 saturated heterocycles. The molecule has 9 nitrogen and oxygen atoms in total. The Labute approximate surface area is 171 Å². The second-order valence-corrected chi connectivity index (χ2v) is 8.15. The number of nitrogens with one attached hydrogen (secondary N) is 2. The van der Waals surface area contributed by atoms with E-state index in [2.05, 4.69) is 25.8 Å². The van der Waals surface area contributed by atoms with Gasteiger partial charge in [-0.15, -0.1) is 16.4 Å². The summed E-state index contributed by atoms with van der Waals surface area (Å²) in [6, 6.07) is 5.06. The minimum absolute atomic E-state index is 0.0134. The summed E-state index contributed by atoms with van der Waals surface area (Å²) in [7, 11) is 0. The molecule has 0 atom stereocenters. The van der Waals surface area contributed by atoms with E-state index in [1.165, 1.54) is 11.3 Å². The molecule has 10 heteroatoms. The Hall–Kier alpha value is -3.01. The molecule has 0 aliphatic heterocycles. The number of carbonyl (C=O) groups excluding carboxylic acids is 1. The van der Waals surface area contributed by atoms with Crippen molar-refractivity contribution in [3.8, 4) is 5.82 Å². The highest BCUT2D eigenvalue weighted by Gasteiger charge is 2.25. The van der Waals surface area contributed by atoms with Gasteiger partial charge in [0.2, 0.25) is 0 Å². The van der Waals surface area contributed by atoms with Gasteiger partial charge in [-0.2, -0.15) is 5.10 Å². The largest absolute Gasteiger partial charge is 0.335 e. The van der Waals surface area contributed by atoms with Gasteiger partial charge in [0.05, 0.1) is 11.7 Å². The normalized spacial score (nSPS) is 19.1. The molecule has 3 heterocycles. The van der Waals surface area contributed by atoms with Crippen molar-refractivity contribution in [1.29, 1.82) is 0 Å². The van der Waals surface area contributed by atoms with Crippen LogP contribution < -0.4 is 16.2 Å². The molecule has 0 bridgehead atoms. The number of urea groups is 1. The number of anilines is 1. The maximum atomic E-state index is 12.4. The van der Waals surface area contributed by atoms with Crippen LogP contribution in [0.1, 0.15) is 43.1 Å². The summed E-state index contributed by atoms with van der Waals surface area (Å²) in [5, 5.41) is 17.1. The van der Waals surface area contributed by atoms with Gasteiger partial charge in [-0.25, -0.2) is 19.1 Å². The lowest BCUT2D eigenvalue weighted by Gasteiger charge is -2.29. The molecule has 29 heavy (non-hydrogen) atoms. The van der Waals surface area contributed by atoms with Crippen LogP contribution in [0.15, 0.2) is 34.6 Å². The Kier molecular flexibility index (Phi) is 5.43. The zero-order valence-corrected chi connectivity index (χ0v) is 17.1. The van der Waals surface area contributed by atoms with Gasteiger partial charge < -0.3 is 5.32 Å². The summed E-state index contributed by atoms with van der Waals surface area (Å²) in [5.74, 6) is 0.637. The van der Waals surface area contributed by atoms with Gasteiger partial charge in [-0.1, -0.05) is 0 Å². The summed E-state index contributed by atoms with van der Waals surface area (Å²) in [4.78, 5) is 28.5. The summed E-state index contributed by atoms with van der Waals surface area (Å²) < 4.78 is 3.32. The molecule has 2 amide bonds. The molecule has 0 aromatic carbocycles. The first-order chi connectivity index (χ1) is 14.0. The maximum absolute atomic E-state index is 12.4. The summed E-state index contributed by atoms with van der Waals surface area (Å²) in [5.41, 5.74) is 1.76. The lowest BCUT2D eigenvalue weighted by Crippen LogP contribution is -2.41. The van der Waals surface area contributed by atoms with Crippen molar-refractivity contribution in [2.45, 2.75) is 51.6 Å². The number of hydrogen-bond donors (Lipinski definition) is 2. The van der Waals surface area contributed by atoms with E-state index in [9.17, 15) is 9.59 Å². The van der Waals surface area contributed by atoms with Crippen molar-refractivity contribution in [2.24, 2.45) is 0 Å². The van der Waals surface area contributed by atoms with Crippen molar-refractivity contribution in [2.75, 3.05) is 5.32 Å². The van der Waals surface area contributed by atoms with Crippen molar-refractivity contribution in [3.63, 3.8) is 0 Å². The molecule has 1 fully saturated rings. The second-order valence-electron chi connectivity index (χ2n) is 7.25. The van der Waals surface area contributed by atoms with Crippen LogP contribution in [-0.4, -0.2) is 36.6 Å². The number of rotatable bonds is 4. The molecule has 1 saturated carbocycles. The van der Waals surface area contributed by atoms with Gasteiger partial charge in [-0.3, -0.25) is 10.1 Å². The van der Waals surface area contributed by atoms with Gasteiger partial charge in [0.15, 0.2) is 10.9 Å². The molecular formula is C19H23N7O2S. The van der Waals surface area contributed by atoms with Gasteiger partial charge in [0.25, 0.3) is 5.56 Å². The molecule has 0 unspecified atom stereocenters. The smallest absolute Gasteiger partial charge is 0.321 e. The Balaban J connectivity index is 1.40. The lowest BCUT2D eigenvalue weighted by atomic mass is 9.91. The summed E-state index contributed by atoms with van der Waals surface area (Å²) >= 11 is 1.38. The molecule has 0 spiro atoms. The zero-order chi connectivity index (χ0) is 20.4. The van der Waals surface area contributed by atoms with Crippen molar-refractivity contribution >= 4 is 22.5 Å². The van der Waals surface area contributed by atoms with Gasteiger partial charge >= 0.3 is 6.03 Å². The van der Waals surface area contributed by atoms with E-state index in [1.807, 2.05) is 25.3 Å². The predicted molar refractivity (Wildman–Crippen MR) is 111 cm³/mol. The first-order valence-corrected chi connectivity index (χ1v) is 10.5. The average molecular weight is 414 g/mol. The van der Waals surface area contributed by atoms with Crippen molar-refractivity contribution in [3.05, 3.63) is 51.5 Å². The minimum Gasteiger partial charge on any atom is -0.335 e. The molecule has 4 rings (SSSR count). The lowest BCUT2D eigenvalue weighted by molar-refractivity contribution is 0.234. The van der Waals surface area contributed by atoms with Gasteiger partial charge in [0.1, 0.15) is 0 Å². The number of aryl methyl sites for hydroxylation is 2. The molecule has 0 radical (unpaired) electrons. The van der Waals surface area contributed by atoms with Crippen LogP contribution in [0.3, 0.4) is 0 Å². The third-order valence-electron chi connectivity index (χ3n) is 5.07. The van der Waals surface area contributed by atoms with E-state index < -0.39 is 0 Å². The number of carbonyl (C=O) groups is 1. The highest BCUT2D eigenvalue weighted by Crippen LogP contribution is 2.27. The van der Waals surface area contributed by atoms with Crippen LogP contribution >= 0.6 is 11.3 Å². The third-order valence-corrected chi connectivity index (χ3v) is 5.76. The van der Waals surface area contributed by atoms with E-state index in [-0.39, 0.29) is 23.7 Å². The standard InChI is InChI=1S/C19H23N7O2S/c1-12-11-13(2)25(23-12)16-7-8-17(27)26(24-16)15-5-3-14(4-6-15)21-18(28)22-19-20-9-10-29-19/h7-11,14-15H,3-6H2,1-2H3,(H2,20,21,22,28). The third kappa shape index (κ3) is 4.37. The highest BCUT2D eigenvalue weighted by atomic mass is 32.1. The second kappa shape index (κ2) is 8.16. The Morgan fingerprint density at radius 3 is 2.62 bits per heavy atom. The Morgan fingerprint density at radius 1 is 1.17 bits per heavy atom. The molecule has 1 aliphatic rings. The molecule has 1 aliphatic carbocycles.